The van der Waals surface area contributed by atoms with Gasteiger partial charge in [-0.05, 0) is 50.7 Å². The van der Waals surface area contributed by atoms with Crippen LogP contribution in [0.3, 0.4) is 0 Å². The van der Waals surface area contributed by atoms with Crippen molar-refractivity contribution in [3.05, 3.63) is 30.5 Å². The molecule has 0 spiro atoms. The van der Waals surface area contributed by atoms with Crippen molar-refractivity contribution in [1.82, 2.24) is 9.47 Å². The molecule has 1 aliphatic rings. The summed E-state index contributed by atoms with van der Waals surface area (Å²) in [5.74, 6) is 0.931. The Bertz CT molecular complexity index is 561. The third-order valence-corrected chi connectivity index (χ3v) is 4.31. The van der Waals surface area contributed by atoms with Crippen molar-refractivity contribution in [3.8, 4) is 5.75 Å². The van der Waals surface area contributed by atoms with E-state index < -0.39 is 0 Å². The van der Waals surface area contributed by atoms with E-state index in [-0.39, 0.29) is 0 Å². The van der Waals surface area contributed by atoms with Crippen LogP contribution in [0.2, 0.25) is 0 Å². The average molecular weight is 258 g/mol. The second kappa shape index (κ2) is 5.25. The van der Waals surface area contributed by atoms with E-state index in [0.29, 0.717) is 6.04 Å². The van der Waals surface area contributed by atoms with Gasteiger partial charge in [0.1, 0.15) is 5.75 Å². The van der Waals surface area contributed by atoms with Gasteiger partial charge in [-0.2, -0.15) is 0 Å². The van der Waals surface area contributed by atoms with Gasteiger partial charge in [0.25, 0.3) is 0 Å². The van der Waals surface area contributed by atoms with Gasteiger partial charge >= 0.3 is 0 Å². The van der Waals surface area contributed by atoms with Crippen molar-refractivity contribution in [1.29, 1.82) is 0 Å². The van der Waals surface area contributed by atoms with E-state index in [1.165, 1.54) is 36.7 Å². The van der Waals surface area contributed by atoms with Gasteiger partial charge in [-0.1, -0.05) is 6.42 Å². The number of ether oxygens (including phenoxy) is 1. The van der Waals surface area contributed by atoms with Crippen LogP contribution in [0.5, 0.6) is 5.75 Å². The molecule has 1 aromatic carbocycles. The zero-order valence-electron chi connectivity index (χ0n) is 11.8. The molecule has 0 N–H and O–H groups in total. The summed E-state index contributed by atoms with van der Waals surface area (Å²) >= 11 is 0. The Morgan fingerprint density at radius 3 is 2.95 bits per heavy atom. The van der Waals surface area contributed by atoms with Crippen LogP contribution in [0.15, 0.2) is 30.5 Å². The zero-order chi connectivity index (χ0) is 13.2. The molecule has 3 rings (SSSR count). The van der Waals surface area contributed by atoms with Crippen LogP contribution in [-0.4, -0.2) is 36.2 Å². The van der Waals surface area contributed by atoms with Crippen LogP contribution >= 0.6 is 0 Å². The lowest BCUT2D eigenvalue weighted by atomic mass is 10.0. The Morgan fingerprint density at radius 2 is 2.16 bits per heavy atom. The molecule has 3 heteroatoms. The van der Waals surface area contributed by atoms with Crippen LogP contribution in [-0.2, 0) is 6.54 Å². The minimum absolute atomic E-state index is 0.673. The number of hydrogen-bond acceptors (Lipinski definition) is 2. The number of likely N-dealkylation sites (N-methyl/N-ethyl adjacent to an activating group) is 1. The molecular formula is C16H22N2O. The van der Waals surface area contributed by atoms with Crippen LogP contribution in [0.1, 0.15) is 19.3 Å². The van der Waals surface area contributed by atoms with Gasteiger partial charge in [-0.3, -0.25) is 0 Å². The van der Waals surface area contributed by atoms with Gasteiger partial charge in [0.05, 0.1) is 7.11 Å². The molecule has 1 saturated heterocycles. The molecule has 3 nitrogen and oxygen atoms in total. The summed E-state index contributed by atoms with van der Waals surface area (Å²) in [7, 11) is 3.97. The van der Waals surface area contributed by atoms with E-state index in [2.05, 4.69) is 40.9 Å². The summed E-state index contributed by atoms with van der Waals surface area (Å²) in [5, 5.41) is 1.26. The van der Waals surface area contributed by atoms with Gasteiger partial charge in [-0.25, -0.2) is 0 Å². The predicted octanol–water partition coefficient (Wildman–Crippen LogP) is 3.13. The highest BCUT2D eigenvalue weighted by Gasteiger charge is 2.19. The fraction of sp³-hybridized carbons (Fsp3) is 0.500. The molecule has 1 fully saturated rings. The maximum Gasteiger partial charge on any atom is 0.119 e. The lowest BCUT2D eigenvalue weighted by Gasteiger charge is -2.32. The molecule has 1 atom stereocenters. The molecule has 19 heavy (non-hydrogen) atoms. The quantitative estimate of drug-likeness (QED) is 0.841. The second-order valence-corrected chi connectivity index (χ2v) is 5.52. The standard InChI is InChI=1S/C16H22N2O/c1-17-9-4-3-5-14(17)12-18-10-8-13-11-15(19-2)6-7-16(13)18/h6-8,10-11,14H,3-5,9,12H2,1-2H3. The molecule has 1 unspecified atom stereocenters. The van der Waals surface area contributed by atoms with E-state index in [9.17, 15) is 0 Å². The average Bonchev–Trinajstić information content (AvgIpc) is 2.83. The van der Waals surface area contributed by atoms with Crippen molar-refractivity contribution in [2.45, 2.75) is 31.8 Å². The number of piperidine rings is 1. The Balaban J connectivity index is 1.84. The highest BCUT2D eigenvalue weighted by atomic mass is 16.5. The van der Waals surface area contributed by atoms with E-state index in [1.807, 2.05) is 6.07 Å². The van der Waals surface area contributed by atoms with E-state index in [4.69, 9.17) is 4.74 Å². The van der Waals surface area contributed by atoms with Crippen molar-refractivity contribution in [2.24, 2.45) is 0 Å². The SMILES string of the molecule is COc1ccc2c(ccn2CC2CCCCN2C)c1. The van der Waals surface area contributed by atoms with Crippen LogP contribution in [0.25, 0.3) is 10.9 Å². The molecule has 0 aliphatic carbocycles. The fourth-order valence-electron chi connectivity index (χ4n) is 3.07. The summed E-state index contributed by atoms with van der Waals surface area (Å²) < 4.78 is 7.66. The van der Waals surface area contributed by atoms with Crippen molar-refractivity contribution < 1.29 is 4.74 Å². The molecular weight excluding hydrogens is 236 g/mol. The van der Waals surface area contributed by atoms with Crippen LogP contribution in [0, 0.1) is 0 Å². The predicted molar refractivity (Wildman–Crippen MR) is 78.8 cm³/mol. The number of likely N-dealkylation sites (tertiary alicyclic amines) is 1. The summed E-state index contributed by atoms with van der Waals surface area (Å²) in [6.45, 7) is 2.32. The van der Waals surface area contributed by atoms with Crippen LogP contribution < -0.4 is 4.74 Å². The molecule has 102 valence electrons. The molecule has 0 radical (unpaired) electrons. The molecule has 2 heterocycles. The van der Waals surface area contributed by atoms with Crippen LogP contribution in [0.4, 0.5) is 0 Å². The van der Waals surface area contributed by atoms with Gasteiger partial charge in [-0.15, -0.1) is 0 Å². The second-order valence-electron chi connectivity index (χ2n) is 5.52. The normalized spacial score (nSPS) is 20.8. The number of hydrogen-bond donors (Lipinski definition) is 0. The number of fused-ring (bicyclic) bond motifs is 1. The largest absolute Gasteiger partial charge is 0.497 e. The first-order chi connectivity index (χ1) is 9.28. The monoisotopic (exact) mass is 258 g/mol. The Morgan fingerprint density at radius 1 is 1.26 bits per heavy atom. The first-order valence-electron chi connectivity index (χ1n) is 7.11. The number of aromatic nitrogens is 1. The van der Waals surface area contributed by atoms with Gasteiger partial charge in [0, 0.05) is 29.7 Å². The Labute approximate surface area is 114 Å². The van der Waals surface area contributed by atoms with Crippen molar-refractivity contribution in [2.75, 3.05) is 20.7 Å². The molecule has 0 saturated carbocycles. The summed E-state index contributed by atoms with van der Waals surface area (Å²) in [4.78, 5) is 2.50. The van der Waals surface area contributed by atoms with Gasteiger partial charge < -0.3 is 14.2 Å². The van der Waals surface area contributed by atoms with E-state index >= 15 is 0 Å². The number of rotatable bonds is 3. The zero-order valence-corrected chi connectivity index (χ0v) is 11.8. The molecule has 2 aromatic rings. The smallest absolute Gasteiger partial charge is 0.119 e. The lowest BCUT2D eigenvalue weighted by Crippen LogP contribution is -2.38. The third kappa shape index (κ3) is 2.47. The topological polar surface area (TPSA) is 17.4 Å². The summed E-state index contributed by atoms with van der Waals surface area (Å²) in [6, 6.07) is 9.17. The highest BCUT2D eigenvalue weighted by molar-refractivity contribution is 5.81. The fourth-order valence-corrected chi connectivity index (χ4v) is 3.07. The van der Waals surface area contributed by atoms with E-state index in [0.717, 1.165) is 12.3 Å². The third-order valence-electron chi connectivity index (χ3n) is 4.31. The minimum atomic E-state index is 0.673. The number of methoxy groups -OCH3 is 1. The summed E-state index contributed by atoms with van der Waals surface area (Å²) in [6.07, 6.45) is 6.22. The maximum absolute atomic E-state index is 5.28. The first kappa shape index (κ1) is 12.5. The van der Waals surface area contributed by atoms with Gasteiger partial charge in [0.2, 0.25) is 0 Å². The highest BCUT2D eigenvalue weighted by Crippen LogP contribution is 2.24. The van der Waals surface area contributed by atoms with Crippen molar-refractivity contribution in [3.63, 3.8) is 0 Å². The molecule has 1 aromatic heterocycles. The lowest BCUT2D eigenvalue weighted by molar-refractivity contribution is 0.169. The van der Waals surface area contributed by atoms with Gasteiger partial charge in [0.15, 0.2) is 0 Å². The van der Waals surface area contributed by atoms with E-state index in [1.54, 1.807) is 7.11 Å². The Hall–Kier alpha value is -1.48. The minimum Gasteiger partial charge on any atom is -0.497 e. The molecule has 0 amide bonds. The Kier molecular flexibility index (Phi) is 3.47. The first-order valence-corrected chi connectivity index (χ1v) is 7.11. The number of benzene rings is 1. The molecule has 1 aliphatic heterocycles. The molecule has 0 bridgehead atoms. The maximum atomic E-state index is 5.28. The number of nitrogens with zero attached hydrogens (tertiary/aromatic N) is 2. The van der Waals surface area contributed by atoms with Crippen molar-refractivity contribution >= 4 is 10.9 Å². The summed E-state index contributed by atoms with van der Waals surface area (Å²) in [5.41, 5.74) is 1.31.